The van der Waals surface area contributed by atoms with Gasteiger partial charge < -0.3 is 14.5 Å². The predicted molar refractivity (Wildman–Crippen MR) is 126 cm³/mol. The molecule has 0 radical (unpaired) electrons. The largest absolute Gasteiger partial charge is 0.381 e. The number of aryl methyl sites for hydroxylation is 1. The van der Waals surface area contributed by atoms with Crippen molar-refractivity contribution in [3.05, 3.63) is 95.2 Å². The third kappa shape index (κ3) is 4.40. The lowest BCUT2D eigenvalue weighted by atomic mass is 10.0. The van der Waals surface area contributed by atoms with Crippen LogP contribution in [0.25, 0.3) is 17.6 Å². The van der Waals surface area contributed by atoms with Crippen LogP contribution in [0, 0.1) is 6.92 Å². The quantitative estimate of drug-likeness (QED) is 0.458. The van der Waals surface area contributed by atoms with Crippen LogP contribution in [0.2, 0.25) is 0 Å². The van der Waals surface area contributed by atoms with E-state index in [1.54, 1.807) is 48.7 Å². The second kappa shape index (κ2) is 8.96. The molecule has 1 aliphatic rings. The Kier molecular flexibility index (Phi) is 5.71. The average Bonchev–Trinajstić information content (AvgIpc) is 3.48. The molecule has 1 N–H and O–H groups in total. The highest BCUT2D eigenvalue weighted by atomic mass is 19.1. The van der Waals surface area contributed by atoms with Crippen LogP contribution in [0.1, 0.15) is 45.3 Å². The average molecular weight is 442 g/mol. The van der Waals surface area contributed by atoms with Crippen molar-refractivity contribution in [1.29, 1.82) is 0 Å². The fraction of sp³-hybridized carbons (Fsp3) is 0.192. The molecule has 4 heterocycles. The Morgan fingerprint density at radius 3 is 2.70 bits per heavy atom. The van der Waals surface area contributed by atoms with Gasteiger partial charge in [0.1, 0.15) is 11.5 Å². The SMILES string of the molecule is Cc1c(C2CCOC2)nc2ccc(NC(=O)c3ccc(/C(F)=C/c4ccccn4)cc3)cn12. The van der Waals surface area contributed by atoms with Crippen molar-refractivity contribution < 1.29 is 13.9 Å². The first-order chi connectivity index (χ1) is 16.1. The topological polar surface area (TPSA) is 68.5 Å². The zero-order chi connectivity index (χ0) is 22.8. The van der Waals surface area contributed by atoms with Gasteiger partial charge in [-0.25, -0.2) is 9.37 Å². The van der Waals surface area contributed by atoms with E-state index < -0.39 is 5.83 Å². The van der Waals surface area contributed by atoms with Crippen LogP contribution in [0.4, 0.5) is 10.1 Å². The van der Waals surface area contributed by atoms with Gasteiger partial charge in [0.2, 0.25) is 0 Å². The van der Waals surface area contributed by atoms with Crippen molar-refractivity contribution >= 4 is 29.1 Å². The maximum absolute atomic E-state index is 14.5. The van der Waals surface area contributed by atoms with Gasteiger partial charge >= 0.3 is 0 Å². The van der Waals surface area contributed by atoms with Crippen LogP contribution in [0.3, 0.4) is 0 Å². The van der Waals surface area contributed by atoms with E-state index in [2.05, 4.69) is 10.3 Å². The number of nitrogens with one attached hydrogen (secondary N) is 1. The first kappa shape index (κ1) is 21.0. The van der Waals surface area contributed by atoms with Crippen molar-refractivity contribution in [1.82, 2.24) is 14.4 Å². The lowest BCUT2D eigenvalue weighted by Crippen LogP contribution is -2.12. The Morgan fingerprint density at radius 1 is 1.15 bits per heavy atom. The molecule has 1 fully saturated rings. The van der Waals surface area contributed by atoms with Gasteiger partial charge in [0.25, 0.3) is 5.91 Å². The van der Waals surface area contributed by atoms with Crippen LogP contribution in [-0.4, -0.2) is 33.5 Å². The molecular formula is C26H23FN4O2. The first-order valence-corrected chi connectivity index (χ1v) is 10.8. The molecule has 33 heavy (non-hydrogen) atoms. The Bertz CT molecular complexity index is 1320. The number of fused-ring (bicyclic) bond motifs is 1. The summed E-state index contributed by atoms with van der Waals surface area (Å²) in [6.45, 7) is 3.49. The molecule has 1 atom stereocenters. The molecule has 7 heteroatoms. The van der Waals surface area contributed by atoms with Gasteiger partial charge in [0.15, 0.2) is 0 Å². The third-order valence-electron chi connectivity index (χ3n) is 5.85. The summed E-state index contributed by atoms with van der Waals surface area (Å²) in [6, 6.07) is 15.4. The Labute approximate surface area is 190 Å². The minimum absolute atomic E-state index is 0.266. The number of carbonyl (C=O) groups excluding carboxylic acids is 1. The molecule has 6 nitrogen and oxygen atoms in total. The van der Waals surface area contributed by atoms with Crippen LogP contribution in [0.15, 0.2) is 67.0 Å². The number of ether oxygens (including phenoxy) is 1. The fourth-order valence-corrected chi connectivity index (χ4v) is 4.05. The number of nitrogens with zero attached hydrogens (tertiary/aromatic N) is 3. The number of halogens is 1. The number of benzene rings is 1. The molecule has 0 bridgehead atoms. The van der Waals surface area contributed by atoms with E-state index in [-0.39, 0.29) is 5.91 Å². The van der Waals surface area contributed by atoms with Gasteiger partial charge in [-0.2, -0.15) is 0 Å². The zero-order valence-corrected chi connectivity index (χ0v) is 18.2. The van der Waals surface area contributed by atoms with Crippen LogP contribution in [-0.2, 0) is 4.74 Å². The highest BCUT2D eigenvalue weighted by Crippen LogP contribution is 2.28. The Morgan fingerprint density at radius 2 is 1.97 bits per heavy atom. The minimum Gasteiger partial charge on any atom is -0.381 e. The summed E-state index contributed by atoms with van der Waals surface area (Å²) >= 11 is 0. The van der Waals surface area contributed by atoms with E-state index in [0.29, 0.717) is 35.0 Å². The number of hydrogen-bond donors (Lipinski definition) is 1. The second-order valence-electron chi connectivity index (χ2n) is 8.07. The number of hydrogen-bond acceptors (Lipinski definition) is 4. The predicted octanol–water partition coefficient (Wildman–Crippen LogP) is 5.26. The van der Waals surface area contributed by atoms with Gasteiger partial charge in [0, 0.05) is 47.8 Å². The fourth-order valence-electron chi connectivity index (χ4n) is 4.05. The monoisotopic (exact) mass is 442 g/mol. The summed E-state index contributed by atoms with van der Waals surface area (Å²) in [4.78, 5) is 21.6. The molecule has 1 aliphatic heterocycles. The molecule has 1 saturated heterocycles. The van der Waals surface area contributed by atoms with Crippen molar-refractivity contribution in [2.75, 3.05) is 18.5 Å². The zero-order valence-electron chi connectivity index (χ0n) is 18.2. The molecule has 1 amide bonds. The first-order valence-electron chi connectivity index (χ1n) is 10.8. The lowest BCUT2D eigenvalue weighted by molar-refractivity contribution is 0.102. The van der Waals surface area contributed by atoms with Crippen molar-refractivity contribution in [2.24, 2.45) is 0 Å². The van der Waals surface area contributed by atoms with E-state index in [1.807, 2.05) is 29.7 Å². The maximum Gasteiger partial charge on any atom is 0.255 e. The number of pyridine rings is 2. The van der Waals surface area contributed by atoms with Crippen LogP contribution >= 0.6 is 0 Å². The number of amides is 1. The van der Waals surface area contributed by atoms with Gasteiger partial charge in [0.05, 0.1) is 23.7 Å². The van der Waals surface area contributed by atoms with Gasteiger partial charge in [-0.15, -0.1) is 0 Å². The number of carbonyl (C=O) groups is 1. The van der Waals surface area contributed by atoms with E-state index in [1.165, 1.54) is 6.08 Å². The number of rotatable bonds is 5. The third-order valence-corrected chi connectivity index (χ3v) is 5.85. The summed E-state index contributed by atoms with van der Waals surface area (Å²) < 4.78 is 22.0. The molecule has 3 aromatic heterocycles. The van der Waals surface area contributed by atoms with E-state index in [9.17, 15) is 9.18 Å². The molecule has 1 unspecified atom stereocenters. The summed E-state index contributed by atoms with van der Waals surface area (Å²) in [7, 11) is 0. The standard InChI is InChI=1S/C26H23FN4O2/c1-17-25(20-11-13-33-16-20)30-24-10-9-22(15-31(17)24)29-26(32)19-7-5-18(6-8-19)23(27)14-21-4-2-3-12-28-21/h2-10,12,14-15,20H,11,13,16H2,1H3,(H,29,32)/b23-14-. The molecule has 166 valence electrons. The Balaban J connectivity index is 1.32. The van der Waals surface area contributed by atoms with E-state index in [4.69, 9.17) is 9.72 Å². The molecular weight excluding hydrogens is 419 g/mol. The van der Waals surface area contributed by atoms with Crippen molar-refractivity contribution in [3.8, 4) is 0 Å². The maximum atomic E-state index is 14.5. The number of anilines is 1. The molecule has 4 aromatic rings. The summed E-state index contributed by atoms with van der Waals surface area (Å²) in [6.07, 6.45) is 5.82. The minimum atomic E-state index is -0.412. The van der Waals surface area contributed by atoms with Crippen molar-refractivity contribution in [3.63, 3.8) is 0 Å². The molecule has 5 rings (SSSR count). The number of imidazole rings is 1. The summed E-state index contributed by atoms with van der Waals surface area (Å²) in [5.74, 6) is -0.365. The van der Waals surface area contributed by atoms with Gasteiger partial charge in [-0.1, -0.05) is 18.2 Å². The summed E-state index contributed by atoms with van der Waals surface area (Å²) in [5, 5.41) is 2.91. The smallest absolute Gasteiger partial charge is 0.255 e. The molecule has 0 saturated carbocycles. The van der Waals surface area contributed by atoms with E-state index >= 15 is 0 Å². The van der Waals surface area contributed by atoms with Crippen LogP contribution < -0.4 is 5.32 Å². The lowest BCUT2D eigenvalue weighted by Gasteiger charge is -2.08. The second-order valence-corrected chi connectivity index (χ2v) is 8.07. The molecule has 0 aliphatic carbocycles. The normalized spacial score (nSPS) is 16.3. The van der Waals surface area contributed by atoms with Crippen molar-refractivity contribution in [2.45, 2.75) is 19.3 Å². The van der Waals surface area contributed by atoms with E-state index in [0.717, 1.165) is 30.1 Å². The number of aromatic nitrogens is 3. The highest BCUT2D eigenvalue weighted by molar-refractivity contribution is 6.04. The molecule has 1 aromatic carbocycles. The summed E-state index contributed by atoms with van der Waals surface area (Å²) in [5.41, 5.74) is 4.96. The van der Waals surface area contributed by atoms with Crippen LogP contribution in [0.5, 0.6) is 0 Å². The highest BCUT2D eigenvalue weighted by Gasteiger charge is 2.23. The van der Waals surface area contributed by atoms with Gasteiger partial charge in [-0.05, 0) is 49.7 Å². The van der Waals surface area contributed by atoms with Gasteiger partial charge in [-0.3, -0.25) is 9.78 Å². The molecule has 0 spiro atoms. The Hall–Kier alpha value is -3.84.